The second-order valence-corrected chi connectivity index (χ2v) is 4.95. The predicted octanol–water partition coefficient (Wildman–Crippen LogP) is 3.31. The van der Waals surface area contributed by atoms with Crippen LogP contribution in [0, 0.1) is 6.92 Å². The van der Waals surface area contributed by atoms with Crippen LogP contribution < -0.4 is 15.4 Å². The van der Waals surface area contributed by atoms with E-state index in [1.807, 2.05) is 25.1 Å². The summed E-state index contributed by atoms with van der Waals surface area (Å²) >= 11 is 0. The lowest BCUT2D eigenvalue weighted by Gasteiger charge is -2.09. The lowest BCUT2D eigenvalue weighted by molar-refractivity contribution is -0.114. The largest absolute Gasteiger partial charge is 0.454 e. The third-order valence-corrected chi connectivity index (χ3v) is 3.15. The average Bonchev–Trinajstić information content (AvgIpc) is 2.55. The minimum atomic E-state index is -0.264. The van der Waals surface area contributed by atoms with E-state index in [9.17, 15) is 9.59 Å². The fraction of sp³-hybridized carbons (Fsp3) is 0.125. The highest BCUT2D eigenvalue weighted by Gasteiger charge is 2.21. The van der Waals surface area contributed by atoms with E-state index in [2.05, 4.69) is 10.6 Å². The number of benzene rings is 2. The Labute approximate surface area is 121 Å². The summed E-state index contributed by atoms with van der Waals surface area (Å²) in [5, 5.41) is 5.46. The van der Waals surface area contributed by atoms with Gasteiger partial charge in [0.05, 0.1) is 11.3 Å². The van der Waals surface area contributed by atoms with E-state index in [4.69, 9.17) is 4.74 Å². The third-order valence-electron chi connectivity index (χ3n) is 3.15. The van der Waals surface area contributed by atoms with E-state index in [-0.39, 0.29) is 11.8 Å². The molecule has 0 atom stereocenters. The minimum absolute atomic E-state index is 0.191. The molecule has 1 aliphatic rings. The second-order valence-electron chi connectivity index (χ2n) is 4.95. The van der Waals surface area contributed by atoms with Gasteiger partial charge in [-0.25, -0.2) is 0 Å². The first-order valence-electron chi connectivity index (χ1n) is 6.54. The molecule has 2 aromatic carbocycles. The third kappa shape index (κ3) is 2.58. The van der Waals surface area contributed by atoms with E-state index in [1.165, 1.54) is 6.92 Å². The molecule has 1 heterocycles. The molecule has 2 aromatic rings. The molecule has 0 spiro atoms. The number of hydrogen-bond acceptors (Lipinski definition) is 3. The molecule has 106 valence electrons. The van der Waals surface area contributed by atoms with Gasteiger partial charge in [-0.1, -0.05) is 6.07 Å². The van der Waals surface area contributed by atoms with Crippen LogP contribution in [-0.4, -0.2) is 11.8 Å². The maximum atomic E-state index is 12.3. The first-order chi connectivity index (χ1) is 10.0. The molecule has 0 aromatic heterocycles. The summed E-state index contributed by atoms with van der Waals surface area (Å²) in [6, 6.07) is 10.6. The first-order valence-corrected chi connectivity index (χ1v) is 6.54. The van der Waals surface area contributed by atoms with E-state index < -0.39 is 0 Å². The van der Waals surface area contributed by atoms with Crippen LogP contribution in [0.2, 0.25) is 0 Å². The van der Waals surface area contributed by atoms with Gasteiger partial charge in [0.25, 0.3) is 5.91 Å². The number of fused-ring (bicyclic) bond motifs is 2. The summed E-state index contributed by atoms with van der Waals surface area (Å²) in [7, 11) is 0. The van der Waals surface area contributed by atoms with Crippen LogP contribution >= 0.6 is 0 Å². The van der Waals surface area contributed by atoms with Crippen LogP contribution in [0.25, 0.3) is 0 Å². The normalized spacial score (nSPS) is 12.4. The van der Waals surface area contributed by atoms with Crippen molar-refractivity contribution < 1.29 is 14.3 Å². The molecule has 1 aliphatic heterocycles. The van der Waals surface area contributed by atoms with Crippen molar-refractivity contribution in [2.75, 3.05) is 10.6 Å². The molecule has 0 unspecified atom stereocenters. The maximum Gasteiger partial charge on any atom is 0.259 e. The number of anilines is 2. The topological polar surface area (TPSA) is 67.4 Å². The molecule has 3 rings (SSSR count). The van der Waals surface area contributed by atoms with Gasteiger partial charge < -0.3 is 15.4 Å². The number of hydrogen-bond donors (Lipinski definition) is 2. The molecule has 0 bridgehead atoms. The SMILES string of the molecule is CC(=O)Nc1ccc2c(c1)C(=O)Nc1ccc(C)cc1O2. The quantitative estimate of drug-likeness (QED) is 0.843. The first kappa shape index (κ1) is 13.2. The van der Waals surface area contributed by atoms with E-state index in [0.29, 0.717) is 28.4 Å². The molecule has 0 fully saturated rings. The van der Waals surface area contributed by atoms with E-state index in [1.54, 1.807) is 18.2 Å². The van der Waals surface area contributed by atoms with Crippen molar-refractivity contribution in [3.05, 3.63) is 47.5 Å². The van der Waals surface area contributed by atoms with Gasteiger partial charge in [0.2, 0.25) is 5.91 Å². The number of rotatable bonds is 1. The monoisotopic (exact) mass is 282 g/mol. The zero-order valence-corrected chi connectivity index (χ0v) is 11.7. The molecule has 5 heteroatoms. The fourth-order valence-electron chi connectivity index (χ4n) is 2.20. The van der Waals surface area contributed by atoms with E-state index in [0.717, 1.165) is 5.56 Å². The molecule has 2 amide bonds. The summed E-state index contributed by atoms with van der Waals surface area (Å²) in [4.78, 5) is 23.4. The van der Waals surface area contributed by atoms with Crippen LogP contribution in [0.3, 0.4) is 0 Å². The van der Waals surface area contributed by atoms with Crippen molar-refractivity contribution in [1.29, 1.82) is 0 Å². The maximum absolute atomic E-state index is 12.3. The molecule has 5 nitrogen and oxygen atoms in total. The molecule has 0 radical (unpaired) electrons. The molecular weight excluding hydrogens is 268 g/mol. The summed E-state index contributed by atoms with van der Waals surface area (Å²) in [5.74, 6) is 0.615. The number of ether oxygens (including phenoxy) is 1. The molecule has 0 saturated carbocycles. The van der Waals surface area contributed by atoms with Gasteiger partial charge >= 0.3 is 0 Å². The number of nitrogens with one attached hydrogen (secondary N) is 2. The Morgan fingerprint density at radius 3 is 2.71 bits per heavy atom. The highest BCUT2D eigenvalue weighted by atomic mass is 16.5. The summed E-state index contributed by atoms with van der Waals surface area (Å²) < 4.78 is 5.82. The zero-order chi connectivity index (χ0) is 15.0. The standard InChI is InChI=1S/C16H14N2O3/c1-9-3-5-13-15(7-9)21-14-6-4-11(17-10(2)19)8-12(14)16(20)18-13/h3-8H,1-2H3,(H,17,19)(H,18,20). The van der Waals surface area contributed by atoms with Crippen molar-refractivity contribution in [2.45, 2.75) is 13.8 Å². The van der Waals surface area contributed by atoms with Crippen molar-refractivity contribution >= 4 is 23.2 Å². The Morgan fingerprint density at radius 2 is 1.95 bits per heavy atom. The fourth-order valence-corrected chi connectivity index (χ4v) is 2.20. The molecule has 2 N–H and O–H groups in total. The highest BCUT2D eigenvalue weighted by Crippen LogP contribution is 2.37. The van der Waals surface area contributed by atoms with Crippen LogP contribution in [-0.2, 0) is 4.79 Å². The molecule has 21 heavy (non-hydrogen) atoms. The average molecular weight is 282 g/mol. The Hall–Kier alpha value is -2.82. The molecule has 0 aliphatic carbocycles. The van der Waals surface area contributed by atoms with Gasteiger partial charge in [-0.2, -0.15) is 0 Å². The van der Waals surface area contributed by atoms with Gasteiger partial charge in [0.1, 0.15) is 5.75 Å². The number of aryl methyl sites for hydroxylation is 1. The van der Waals surface area contributed by atoms with Crippen molar-refractivity contribution in [1.82, 2.24) is 0 Å². The second kappa shape index (κ2) is 4.94. The Bertz CT molecular complexity index is 753. The van der Waals surface area contributed by atoms with Crippen LogP contribution in [0.1, 0.15) is 22.8 Å². The van der Waals surface area contributed by atoms with Gasteiger partial charge in [0, 0.05) is 12.6 Å². The van der Waals surface area contributed by atoms with Crippen LogP contribution in [0.4, 0.5) is 11.4 Å². The summed E-state index contributed by atoms with van der Waals surface area (Å²) in [6.07, 6.45) is 0. The smallest absolute Gasteiger partial charge is 0.259 e. The van der Waals surface area contributed by atoms with Crippen LogP contribution in [0.5, 0.6) is 11.5 Å². The predicted molar refractivity (Wildman–Crippen MR) is 80.0 cm³/mol. The van der Waals surface area contributed by atoms with Crippen molar-refractivity contribution in [3.63, 3.8) is 0 Å². The van der Waals surface area contributed by atoms with Gasteiger partial charge in [0.15, 0.2) is 5.75 Å². The van der Waals surface area contributed by atoms with Crippen molar-refractivity contribution in [3.8, 4) is 11.5 Å². The minimum Gasteiger partial charge on any atom is -0.454 e. The van der Waals surface area contributed by atoms with Gasteiger partial charge in [-0.3, -0.25) is 9.59 Å². The van der Waals surface area contributed by atoms with Gasteiger partial charge in [-0.05, 0) is 42.8 Å². The van der Waals surface area contributed by atoms with Crippen molar-refractivity contribution in [2.24, 2.45) is 0 Å². The Morgan fingerprint density at radius 1 is 1.14 bits per heavy atom. The molecule has 0 saturated heterocycles. The Balaban J connectivity index is 2.05. The lowest BCUT2D eigenvalue weighted by atomic mass is 10.1. The highest BCUT2D eigenvalue weighted by molar-refractivity contribution is 6.09. The lowest BCUT2D eigenvalue weighted by Crippen LogP contribution is -2.12. The van der Waals surface area contributed by atoms with Crippen LogP contribution in [0.15, 0.2) is 36.4 Å². The summed E-state index contributed by atoms with van der Waals surface area (Å²) in [5.41, 5.74) is 2.61. The van der Waals surface area contributed by atoms with E-state index >= 15 is 0 Å². The number of carbonyl (C=O) groups is 2. The zero-order valence-electron chi connectivity index (χ0n) is 11.7. The number of carbonyl (C=O) groups excluding carboxylic acids is 2. The number of amides is 2. The Kier molecular flexibility index (Phi) is 3.10. The summed E-state index contributed by atoms with van der Waals surface area (Å²) in [6.45, 7) is 3.37. The molecular formula is C16H14N2O3. The van der Waals surface area contributed by atoms with Gasteiger partial charge in [-0.15, -0.1) is 0 Å².